The van der Waals surface area contributed by atoms with Crippen LogP contribution in [0.15, 0.2) is 0 Å². The Hall–Kier alpha value is -1.10. The molecule has 2 rings (SSSR count). The van der Waals surface area contributed by atoms with Gasteiger partial charge in [0.05, 0.1) is 5.92 Å². The molecule has 2 aliphatic rings. The van der Waals surface area contributed by atoms with Gasteiger partial charge in [-0.3, -0.25) is 9.59 Å². The molecule has 5 heteroatoms. The molecule has 114 valence electrons. The van der Waals surface area contributed by atoms with E-state index in [1.165, 1.54) is 0 Å². The standard InChI is InChI=1S/C15H27N3O2/c1-3-13(4-2)18-10-11(8-14(18)19)15(20)17-12-6-5-7-16-9-12/h11-13,16H,3-10H2,1-2H3,(H,17,20). The van der Waals surface area contributed by atoms with Gasteiger partial charge in [-0.25, -0.2) is 0 Å². The Kier molecular flexibility index (Phi) is 5.40. The van der Waals surface area contributed by atoms with Gasteiger partial charge < -0.3 is 15.5 Å². The Bertz CT molecular complexity index is 349. The summed E-state index contributed by atoms with van der Waals surface area (Å²) in [6.45, 7) is 6.68. The van der Waals surface area contributed by atoms with Crippen LogP contribution in [0.1, 0.15) is 46.0 Å². The number of carbonyl (C=O) groups excluding carboxylic acids is 2. The first-order valence-electron chi connectivity index (χ1n) is 7.96. The maximum absolute atomic E-state index is 12.3. The normalized spacial score (nSPS) is 27.1. The van der Waals surface area contributed by atoms with Crippen LogP contribution in [0.4, 0.5) is 0 Å². The molecule has 2 aliphatic heterocycles. The minimum Gasteiger partial charge on any atom is -0.352 e. The van der Waals surface area contributed by atoms with Crippen molar-refractivity contribution in [2.75, 3.05) is 19.6 Å². The molecule has 0 radical (unpaired) electrons. The smallest absolute Gasteiger partial charge is 0.225 e. The van der Waals surface area contributed by atoms with E-state index in [0.717, 1.165) is 38.8 Å². The maximum Gasteiger partial charge on any atom is 0.225 e. The molecular formula is C15H27N3O2. The maximum atomic E-state index is 12.3. The van der Waals surface area contributed by atoms with E-state index < -0.39 is 0 Å². The molecule has 0 aromatic heterocycles. The first-order chi connectivity index (χ1) is 9.65. The molecular weight excluding hydrogens is 254 g/mol. The van der Waals surface area contributed by atoms with Crippen molar-refractivity contribution in [1.82, 2.24) is 15.5 Å². The Morgan fingerprint density at radius 1 is 1.45 bits per heavy atom. The Labute approximate surface area is 121 Å². The summed E-state index contributed by atoms with van der Waals surface area (Å²) >= 11 is 0. The highest BCUT2D eigenvalue weighted by Crippen LogP contribution is 2.23. The average molecular weight is 281 g/mol. The molecule has 0 aliphatic carbocycles. The van der Waals surface area contributed by atoms with E-state index in [0.29, 0.717) is 13.0 Å². The lowest BCUT2D eigenvalue weighted by Crippen LogP contribution is -2.48. The van der Waals surface area contributed by atoms with E-state index >= 15 is 0 Å². The molecule has 0 bridgehead atoms. The van der Waals surface area contributed by atoms with Gasteiger partial charge in [0, 0.05) is 31.6 Å². The summed E-state index contributed by atoms with van der Waals surface area (Å²) < 4.78 is 0. The third-order valence-corrected chi connectivity index (χ3v) is 4.56. The molecule has 2 unspecified atom stereocenters. The van der Waals surface area contributed by atoms with Gasteiger partial charge in [-0.1, -0.05) is 13.8 Å². The van der Waals surface area contributed by atoms with E-state index in [1.54, 1.807) is 0 Å². The van der Waals surface area contributed by atoms with Gasteiger partial charge in [0.1, 0.15) is 0 Å². The third-order valence-electron chi connectivity index (χ3n) is 4.56. The largest absolute Gasteiger partial charge is 0.352 e. The van der Waals surface area contributed by atoms with Gasteiger partial charge in [0.25, 0.3) is 0 Å². The van der Waals surface area contributed by atoms with Gasteiger partial charge >= 0.3 is 0 Å². The third kappa shape index (κ3) is 3.51. The van der Waals surface area contributed by atoms with E-state index in [1.807, 2.05) is 4.90 Å². The van der Waals surface area contributed by atoms with Crippen molar-refractivity contribution < 1.29 is 9.59 Å². The number of nitrogens with one attached hydrogen (secondary N) is 2. The minimum atomic E-state index is -0.162. The molecule has 2 heterocycles. The van der Waals surface area contributed by atoms with Gasteiger partial charge in [-0.2, -0.15) is 0 Å². The molecule has 2 fully saturated rings. The lowest BCUT2D eigenvalue weighted by molar-refractivity contribution is -0.130. The summed E-state index contributed by atoms with van der Waals surface area (Å²) in [5.41, 5.74) is 0. The predicted octanol–water partition coefficient (Wildman–Crippen LogP) is 0.892. The summed E-state index contributed by atoms with van der Waals surface area (Å²) in [5.74, 6) is 0.0335. The summed E-state index contributed by atoms with van der Waals surface area (Å²) in [6, 6.07) is 0.519. The van der Waals surface area contributed by atoms with Crippen LogP contribution >= 0.6 is 0 Å². The molecule has 2 saturated heterocycles. The predicted molar refractivity (Wildman–Crippen MR) is 78.2 cm³/mol. The second kappa shape index (κ2) is 7.07. The van der Waals surface area contributed by atoms with E-state index in [-0.39, 0.29) is 29.8 Å². The SMILES string of the molecule is CCC(CC)N1CC(C(=O)NC2CCCNC2)CC1=O. The molecule has 0 spiro atoms. The van der Waals surface area contributed by atoms with Crippen molar-refractivity contribution in [2.24, 2.45) is 5.92 Å². The van der Waals surface area contributed by atoms with Crippen molar-refractivity contribution in [1.29, 1.82) is 0 Å². The van der Waals surface area contributed by atoms with Gasteiger partial charge in [0.2, 0.25) is 11.8 Å². The zero-order valence-corrected chi connectivity index (χ0v) is 12.7. The summed E-state index contributed by atoms with van der Waals surface area (Å²) in [4.78, 5) is 26.3. The summed E-state index contributed by atoms with van der Waals surface area (Å²) in [5, 5.41) is 6.39. The molecule has 2 atom stereocenters. The van der Waals surface area contributed by atoms with Crippen LogP contribution < -0.4 is 10.6 Å². The Balaban J connectivity index is 1.87. The monoisotopic (exact) mass is 281 g/mol. The fraction of sp³-hybridized carbons (Fsp3) is 0.867. The van der Waals surface area contributed by atoms with Crippen molar-refractivity contribution in [2.45, 2.75) is 58.0 Å². The van der Waals surface area contributed by atoms with Crippen molar-refractivity contribution in [3.05, 3.63) is 0 Å². The number of hydrogen-bond donors (Lipinski definition) is 2. The number of hydrogen-bond acceptors (Lipinski definition) is 3. The topological polar surface area (TPSA) is 61.4 Å². The van der Waals surface area contributed by atoms with Crippen LogP contribution in [0.5, 0.6) is 0 Å². The van der Waals surface area contributed by atoms with Crippen molar-refractivity contribution in [3.63, 3.8) is 0 Å². The lowest BCUT2D eigenvalue weighted by Gasteiger charge is -2.27. The number of rotatable bonds is 5. The highest BCUT2D eigenvalue weighted by molar-refractivity contribution is 5.89. The Morgan fingerprint density at radius 2 is 2.20 bits per heavy atom. The Morgan fingerprint density at radius 3 is 2.80 bits per heavy atom. The fourth-order valence-electron chi connectivity index (χ4n) is 3.28. The molecule has 5 nitrogen and oxygen atoms in total. The quantitative estimate of drug-likeness (QED) is 0.787. The lowest BCUT2D eigenvalue weighted by atomic mass is 10.0. The first kappa shape index (κ1) is 15.3. The van der Waals surface area contributed by atoms with E-state index in [4.69, 9.17) is 0 Å². The van der Waals surface area contributed by atoms with Crippen LogP contribution in [0.25, 0.3) is 0 Å². The van der Waals surface area contributed by atoms with E-state index in [9.17, 15) is 9.59 Å². The molecule has 2 amide bonds. The average Bonchev–Trinajstić information content (AvgIpc) is 2.84. The highest BCUT2D eigenvalue weighted by Gasteiger charge is 2.37. The van der Waals surface area contributed by atoms with Gasteiger partial charge in [-0.05, 0) is 32.2 Å². The van der Waals surface area contributed by atoms with Crippen molar-refractivity contribution >= 4 is 11.8 Å². The minimum absolute atomic E-state index is 0.0560. The molecule has 20 heavy (non-hydrogen) atoms. The highest BCUT2D eigenvalue weighted by atomic mass is 16.2. The van der Waals surface area contributed by atoms with Crippen molar-refractivity contribution in [3.8, 4) is 0 Å². The zero-order chi connectivity index (χ0) is 14.5. The molecule has 0 aromatic rings. The van der Waals surface area contributed by atoms with Crippen LogP contribution in [0.2, 0.25) is 0 Å². The molecule has 2 N–H and O–H groups in total. The van der Waals surface area contributed by atoms with E-state index in [2.05, 4.69) is 24.5 Å². The van der Waals surface area contributed by atoms with Crippen LogP contribution in [-0.4, -0.2) is 48.4 Å². The molecule has 0 aromatic carbocycles. The fourth-order valence-corrected chi connectivity index (χ4v) is 3.28. The van der Waals surface area contributed by atoms with Gasteiger partial charge in [0.15, 0.2) is 0 Å². The van der Waals surface area contributed by atoms with Crippen LogP contribution in [0.3, 0.4) is 0 Å². The molecule has 0 saturated carbocycles. The summed E-state index contributed by atoms with van der Waals surface area (Å²) in [7, 11) is 0. The van der Waals surface area contributed by atoms with Gasteiger partial charge in [-0.15, -0.1) is 0 Å². The second-order valence-corrected chi connectivity index (χ2v) is 5.97. The van der Waals surface area contributed by atoms with Crippen LogP contribution in [0, 0.1) is 5.92 Å². The zero-order valence-electron chi connectivity index (χ0n) is 12.7. The second-order valence-electron chi connectivity index (χ2n) is 5.97. The number of likely N-dealkylation sites (tertiary alicyclic amines) is 1. The number of nitrogens with zero attached hydrogens (tertiary/aromatic N) is 1. The number of piperidine rings is 1. The summed E-state index contributed by atoms with van der Waals surface area (Å²) in [6.07, 6.45) is 4.44. The number of carbonyl (C=O) groups is 2. The number of amides is 2. The van der Waals surface area contributed by atoms with Crippen LogP contribution in [-0.2, 0) is 9.59 Å². The first-order valence-corrected chi connectivity index (χ1v) is 7.96.